The minimum Gasteiger partial charge on any atom is -0.324 e. The standard InChI is InChI=1S/C46H41Cl5N8O6/c1-24(48)28-5-9-31(10-6-28)52-43(62)36-22-34(13-16-38(36)50)56-58-41(26(3)60)45(64)54-33-15-18-40(30(21-33)19-20-47)55-46(65)42(27(4)61)59-57-35-14-17-39(51)37(23-35)44(63)53-32-11-7-29(8-12-32)25(2)49/h5-18,21-25,41-42H,19-20H2,1-4H3,(H,52,62)(H,53,63)(H,54,64)(H,55,65). The summed E-state index contributed by atoms with van der Waals surface area (Å²) in [5.74, 6) is -3.80. The van der Waals surface area contributed by atoms with E-state index in [0.717, 1.165) is 11.1 Å². The van der Waals surface area contributed by atoms with Gasteiger partial charge in [0.15, 0.2) is 11.6 Å². The number of nitrogens with zero attached hydrogens (tertiary/aromatic N) is 4. The van der Waals surface area contributed by atoms with E-state index in [1.165, 1.54) is 68.4 Å². The molecule has 4 unspecified atom stereocenters. The second-order valence-electron chi connectivity index (χ2n) is 14.5. The predicted molar refractivity (Wildman–Crippen MR) is 256 cm³/mol. The number of nitrogens with one attached hydrogen (secondary N) is 4. The number of Topliss-reactive ketones (excluding diaryl/α,β-unsaturated/α-hetero) is 2. The molecule has 5 rings (SSSR count). The molecule has 0 aromatic heterocycles. The van der Waals surface area contributed by atoms with Crippen LogP contribution in [0, 0.1) is 0 Å². The van der Waals surface area contributed by atoms with Crippen LogP contribution in [0.2, 0.25) is 10.0 Å². The highest BCUT2D eigenvalue weighted by molar-refractivity contribution is 6.35. The smallest absolute Gasteiger partial charge is 0.258 e. The zero-order chi connectivity index (χ0) is 47.4. The average molecular weight is 979 g/mol. The molecule has 0 aliphatic heterocycles. The zero-order valence-electron chi connectivity index (χ0n) is 35.2. The average Bonchev–Trinajstić information content (AvgIpc) is 3.26. The largest absolute Gasteiger partial charge is 0.324 e. The summed E-state index contributed by atoms with van der Waals surface area (Å²) in [6.07, 6.45) is 0.221. The number of hydrogen-bond acceptors (Lipinski definition) is 10. The molecular formula is C46H41Cl5N8O6. The minimum absolute atomic E-state index is 0.0790. The lowest BCUT2D eigenvalue weighted by atomic mass is 10.1. The van der Waals surface area contributed by atoms with Gasteiger partial charge in [0.2, 0.25) is 12.1 Å². The van der Waals surface area contributed by atoms with Crippen molar-refractivity contribution in [1.82, 2.24) is 0 Å². The van der Waals surface area contributed by atoms with Crippen LogP contribution in [0.15, 0.2) is 124 Å². The normalized spacial score (nSPS) is 13.1. The molecule has 19 heteroatoms. The van der Waals surface area contributed by atoms with Crippen LogP contribution >= 0.6 is 58.0 Å². The van der Waals surface area contributed by atoms with E-state index in [2.05, 4.69) is 41.7 Å². The van der Waals surface area contributed by atoms with Crippen LogP contribution in [0.4, 0.5) is 34.1 Å². The van der Waals surface area contributed by atoms with Gasteiger partial charge in [0.1, 0.15) is 0 Å². The van der Waals surface area contributed by atoms with Gasteiger partial charge in [0.05, 0.1) is 43.3 Å². The summed E-state index contributed by atoms with van der Waals surface area (Å²) in [4.78, 5) is 78.3. The summed E-state index contributed by atoms with van der Waals surface area (Å²) in [7, 11) is 0. The van der Waals surface area contributed by atoms with Gasteiger partial charge in [0.25, 0.3) is 23.6 Å². The maximum atomic E-state index is 13.5. The number of azo groups is 2. The van der Waals surface area contributed by atoms with Crippen molar-refractivity contribution >= 4 is 127 Å². The summed E-state index contributed by atoms with van der Waals surface area (Å²) in [6, 6.07) is 23.8. The molecule has 0 bridgehead atoms. The molecule has 0 aliphatic rings. The summed E-state index contributed by atoms with van der Waals surface area (Å²) in [5.41, 5.74) is 4.21. The SMILES string of the molecule is CC(=O)C(N=Nc1ccc(Cl)c(C(=O)Nc2ccc(C(C)Cl)cc2)c1)C(=O)Nc1ccc(NC(=O)C(N=Nc2ccc(Cl)c(C(=O)Nc3ccc(C(C)Cl)cc3)c2)C(C)=O)c(CCCl)c1. The predicted octanol–water partition coefficient (Wildman–Crippen LogP) is 12.2. The fraction of sp³-hybridized carbons (Fsp3) is 0.217. The first-order valence-electron chi connectivity index (χ1n) is 19.8. The lowest BCUT2D eigenvalue weighted by Crippen LogP contribution is -2.32. The molecule has 0 saturated carbocycles. The second kappa shape index (κ2) is 23.2. The third kappa shape index (κ3) is 14.0. The molecule has 0 radical (unpaired) electrons. The van der Waals surface area contributed by atoms with Crippen molar-refractivity contribution in [3.05, 3.63) is 141 Å². The molecular weight excluding hydrogens is 938 g/mol. The van der Waals surface area contributed by atoms with E-state index in [4.69, 9.17) is 58.0 Å². The Morgan fingerprint density at radius 1 is 0.538 bits per heavy atom. The van der Waals surface area contributed by atoms with E-state index in [1.54, 1.807) is 48.5 Å². The fourth-order valence-electron chi connectivity index (χ4n) is 5.96. The number of anilines is 4. The highest BCUT2D eigenvalue weighted by Crippen LogP contribution is 2.29. The number of benzene rings is 5. The highest BCUT2D eigenvalue weighted by Gasteiger charge is 2.26. The molecule has 4 N–H and O–H groups in total. The third-order valence-electron chi connectivity index (χ3n) is 9.48. The molecule has 0 spiro atoms. The van der Waals surface area contributed by atoms with E-state index in [1.807, 2.05) is 13.8 Å². The van der Waals surface area contributed by atoms with Crippen LogP contribution < -0.4 is 21.3 Å². The molecule has 0 aliphatic carbocycles. The van der Waals surface area contributed by atoms with E-state index in [-0.39, 0.29) is 67.0 Å². The van der Waals surface area contributed by atoms with Gasteiger partial charge in [-0.1, -0.05) is 47.5 Å². The number of carbonyl (C=O) groups is 6. The van der Waals surface area contributed by atoms with Crippen molar-refractivity contribution in [2.75, 3.05) is 27.1 Å². The first-order valence-corrected chi connectivity index (χ1v) is 21.9. The molecule has 336 valence electrons. The molecule has 14 nitrogen and oxygen atoms in total. The Labute approximate surface area is 399 Å². The van der Waals surface area contributed by atoms with Crippen LogP contribution in [0.25, 0.3) is 0 Å². The lowest BCUT2D eigenvalue weighted by Gasteiger charge is -2.15. The first-order chi connectivity index (χ1) is 30.9. The van der Waals surface area contributed by atoms with Crippen molar-refractivity contribution in [3.63, 3.8) is 0 Å². The van der Waals surface area contributed by atoms with E-state index >= 15 is 0 Å². The van der Waals surface area contributed by atoms with Crippen molar-refractivity contribution < 1.29 is 28.8 Å². The highest BCUT2D eigenvalue weighted by atomic mass is 35.5. The van der Waals surface area contributed by atoms with Crippen molar-refractivity contribution in [3.8, 4) is 0 Å². The Balaban J connectivity index is 1.26. The maximum absolute atomic E-state index is 13.5. The van der Waals surface area contributed by atoms with Crippen molar-refractivity contribution in [1.29, 1.82) is 0 Å². The molecule has 0 fully saturated rings. The van der Waals surface area contributed by atoms with Gasteiger partial charge in [-0.2, -0.15) is 20.5 Å². The Bertz CT molecular complexity index is 2660. The third-order valence-corrected chi connectivity index (χ3v) is 10.8. The van der Waals surface area contributed by atoms with Gasteiger partial charge in [-0.25, -0.2) is 0 Å². The molecule has 0 saturated heterocycles. The number of halogens is 5. The maximum Gasteiger partial charge on any atom is 0.258 e. The number of hydrogen-bond donors (Lipinski definition) is 4. The summed E-state index contributed by atoms with van der Waals surface area (Å²) in [5, 5.41) is 26.8. The van der Waals surface area contributed by atoms with Crippen LogP contribution in [0.3, 0.4) is 0 Å². The number of aryl methyl sites for hydroxylation is 1. The molecule has 4 atom stereocenters. The fourth-order valence-corrected chi connectivity index (χ4v) is 6.86. The second-order valence-corrected chi connectivity index (χ2v) is 17.0. The topological polar surface area (TPSA) is 200 Å². The van der Waals surface area contributed by atoms with Gasteiger partial charge in [-0.3, -0.25) is 28.8 Å². The first kappa shape index (κ1) is 50.0. The van der Waals surface area contributed by atoms with Gasteiger partial charge in [0, 0.05) is 28.6 Å². The Morgan fingerprint density at radius 2 is 0.954 bits per heavy atom. The lowest BCUT2D eigenvalue weighted by molar-refractivity contribution is -0.127. The molecule has 5 aromatic rings. The zero-order valence-corrected chi connectivity index (χ0v) is 38.9. The molecule has 5 aromatic carbocycles. The van der Waals surface area contributed by atoms with Gasteiger partial charge >= 0.3 is 0 Å². The number of ketones is 2. The summed E-state index contributed by atoms with van der Waals surface area (Å²) >= 11 is 31.0. The van der Waals surface area contributed by atoms with Crippen LogP contribution in [0.5, 0.6) is 0 Å². The number of rotatable bonds is 18. The molecule has 4 amide bonds. The number of carbonyl (C=O) groups excluding carboxylic acids is 6. The van der Waals surface area contributed by atoms with Gasteiger partial charge < -0.3 is 21.3 Å². The summed E-state index contributed by atoms with van der Waals surface area (Å²) < 4.78 is 0. The molecule has 0 heterocycles. The van der Waals surface area contributed by atoms with Crippen LogP contribution in [-0.4, -0.2) is 53.2 Å². The van der Waals surface area contributed by atoms with Gasteiger partial charge in [-0.15, -0.1) is 34.8 Å². The quantitative estimate of drug-likeness (QED) is 0.0382. The number of alkyl halides is 3. The van der Waals surface area contributed by atoms with Crippen molar-refractivity contribution in [2.45, 2.75) is 57.0 Å². The van der Waals surface area contributed by atoms with Crippen LogP contribution in [0.1, 0.15) is 75.9 Å². The van der Waals surface area contributed by atoms with Crippen LogP contribution in [-0.2, 0) is 25.6 Å². The Morgan fingerprint density at radius 3 is 1.35 bits per heavy atom. The Kier molecular flexibility index (Phi) is 17.9. The van der Waals surface area contributed by atoms with E-state index < -0.39 is 47.3 Å². The van der Waals surface area contributed by atoms with Gasteiger partial charge in [-0.05, 0) is 130 Å². The van der Waals surface area contributed by atoms with E-state index in [9.17, 15) is 28.8 Å². The molecule has 65 heavy (non-hydrogen) atoms. The Hall–Kier alpha value is -6.03. The number of amides is 4. The monoisotopic (exact) mass is 976 g/mol. The van der Waals surface area contributed by atoms with Crippen molar-refractivity contribution in [2.24, 2.45) is 20.5 Å². The minimum atomic E-state index is -1.58. The summed E-state index contributed by atoms with van der Waals surface area (Å²) in [6.45, 7) is 6.01. The van der Waals surface area contributed by atoms with E-state index in [0.29, 0.717) is 16.9 Å².